The summed E-state index contributed by atoms with van der Waals surface area (Å²) >= 11 is 1.51. The molecule has 1 aliphatic heterocycles. The van der Waals surface area contributed by atoms with Crippen molar-refractivity contribution in [2.45, 2.75) is 56.8 Å². The Hall–Kier alpha value is -2.45. The fourth-order valence-corrected chi connectivity index (χ4v) is 5.51. The van der Waals surface area contributed by atoms with E-state index in [1.165, 1.54) is 11.3 Å². The molecule has 2 aromatic heterocycles. The standard InChI is InChI=1S/C26H27B6N3O4S/c1-14(2)8-15-9-17-20(10-19(15)37-5)38-11-18-21(33-34(22(17)18)16-6-7-40-12-16)23(36)35(25(27,28)29)24(3,4)13-39-26(30,31)32/h6-7,9-10,12,14H,8,11,13H2,1-5H3. The number of ether oxygens (including phenoxy) is 3. The van der Waals surface area contributed by atoms with E-state index in [0.717, 1.165) is 33.9 Å². The van der Waals surface area contributed by atoms with Gasteiger partial charge in [0.15, 0.2) is 5.69 Å². The second-order valence-corrected chi connectivity index (χ2v) is 11.9. The number of fused-ring (bicyclic) bond motifs is 3. The highest BCUT2D eigenvalue weighted by molar-refractivity contribution is 7.08. The van der Waals surface area contributed by atoms with Gasteiger partial charge in [-0.15, -0.1) is 0 Å². The van der Waals surface area contributed by atoms with E-state index in [-0.39, 0.29) is 18.9 Å². The first-order chi connectivity index (χ1) is 18.5. The fourth-order valence-electron chi connectivity index (χ4n) is 4.90. The Kier molecular flexibility index (Phi) is 8.45. The maximum absolute atomic E-state index is 14.2. The number of rotatable bonds is 10. The van der Waals surface area contributed by atoms with Gasteiger partial charge in [-0.05, 0) is 54.6 Å². The quantitative estimate of drug-likeness (QED) is 0.368. The molecule has 12 radical (unpaired) electrons. The highest BCUT2D eigenvalue weighted by Gasteiger charge is 2.42. The minimum absolute atomic E-state index is 0.0647. The number of hydrogen-bond acceptors (Lipinski definition) is 6. The second kappa shape index (κ2) is 11.1. The van der Waals surface area contributed by atoms with E-state index >= 15 is 0 Å². The molecule has 0 unspecified atom stereocenters. The molecular weight excluding hydrogens is 515 g/mol. The second-order valence-electron chi connectivity index (χ2n) is 11.1. The number of thiophene rings is 1. The number of benzene rings is 1. The average molecular weight is 542 g/mol. The van der Waals surface area contributed by atoms with Crippen molar-refractivity contribution in [2.75, 3.05) is 13.7 Å². The number of aromatic nitrogens is 2. The molecule has 0 aliphatic carbocycles. The van der Waals surface area contributed by atoms with Crippen molar-refractivity contribution >= 4 is 64.3 Å². The Morgan fingerprint density at radius 1 is 1.20 bits per heavy atom. The van der Waals surface area contributed by atoms with Crippen LogP contribution in [0.2, 0.25) is 0 Å². The van der Waals surface area contributed by atoms with Crippen LogP contribution in [0.15, 0.2) is 29.0 Å². The lowest BCUT2D eigenvalue weighted by Gasteiger charge is -2.49. The zero-order valence-electron chi connectivity index (χ0n) is 23.4. The van der Waals surface area contributed by atoms with Crippen molar-refractivity contribution in [2.24, 2.45) is 5.92 Å². The minimum atomic E-state index is -2.10. The summed E-state index contributed by atoms with van der Waals surface area (Å²) in [5.74, 6) is 1.10. The molecule has 1 amide bonds. The summed E-state index contributed by atoms with van der Waals surface area (Å²) in [6, 6.07) is 5.82. The van der Waals surface area contributed by atoms with Crippen LogP contribution in [0.4, 0.5) is 0 Å². The molecule has 1 aliphatic rings. The molecule has 0 N–H and O–H groups in total. The van der Waals surface area contributed by atoms with Gasteiger partial charge in [-0.2, -0.15) is 16.4 Å². The van der Waals surface area contributed by atoms with Crippen LogP contribution in [0.5, 0.6) is 11.5 Å². The smallest absolute Gasteiger partial charge is 0.273 e. The van der Waals surface area contributed by atoms with E-state index in [0.29, 0.717) is 22.9 Å². The summed E-state index contributed by atoms with van der Waals surface area (Å²) in [4.78, 5) is 15.3. The van der Waals surface area contributed by atoms with Crippen LogP contribution in [0.25, 0.3) is 16.9 Å². The van der Waals surface area contributed by atoms with Gasteiger partial charge in [0, 0.05) is 22.6 Å². The summed E-state index contributed by atoms with van der Waals surface area (Å²) in [6.45, 7) is 7.41. The lowest BCUT2D eigenvalue weighted by Crippen LogP contribution is -2.64. The Balaban J connectivity index is 1.90. The monoisotopic (exact) mass is 543 g/mol. The SMILES string of the molecule is [B]C([B])([B])OCC(C)(C)N(C(=O)c1nn(-c2ccsc2)c2c1COc1cc(OC)c(CC(C)C)cc1-2)C([B])([B])[B]. The van der Waals surface area contributed by atoms with Gasteiger partial charge in [0.1, 0.15) is 18.1 Å². The summed E-state index contributed by atoms with van der Waals surface area (Å²) in [5.41, 5.74) is 2.71. The highest BCUT2D eigenvalue weighted by Crippen LogP contribution is 2.44. The number of nitrogens with zero attached hydrogens (tertiary/aromatic N) is 3. The average Bonchev–Trinajstić information content (AvgIpc) is 3.48. The third-order valence-electron chi connectivity index (χ3n) is 6.45. The van der Waals surface area contributed by atoms with Crippen molar-refractivity contribution in [3.8, 4) is 28.4 Å². The van der Waals surface area contributed by atoms with Crippen LogP contribution in [-0.2, 0) is 17.8 Å². The van der Waals surface area contributed by atoms with Crippen molar-refractivity contribution in [3.63, 3.8) is 0 Å². The van der Waals surface area contributed by atoms with Gasteiger partial charge in [0.05, 0.1) is 77.7 Å². The number of amides is 1. The van der Waals surface area contributed by atoms with E-state index in [9.17, 15) is 4.79 Å². The third-order valence-corrected chi connectivity index (χ3v) is 7.12. The van der Waals surface area contributed by atoms with Gasteiger partial charge in [0.25, 0.3) is 5.91 Å². The van der Waals surface area contributed by atoms with Crippen LogP contribution in [-0.4, -0.2) is 97.5 Å². The first-order valence-electron chi connectivity index (χ1n) is 12.7. The molecule has 0 saturated heterocycles. The van der Waals surface area contributed by atoms with Gasteiger partial charge in [-0.1, -0.05) is 19.1 Å². The number of carbonyl (C=O) groups is 1. The first-order valence-corrected chi connectivity index (χ1v) is 13.7. The third kappa shape index (κ3) is 6.23. The maximum atomic E-state index is 14.2. The fraction of sp³-hybridized carbons (Fsp3) is 0.462. The van der Waals surface area contributed by atoms with E-state index in [4.69, 9.17) is 66.4 Å². The van der Waals surface area contributed by atoms with Gasteiger partial charge in [-0.25, -0.2) is 4.68 Å². The molecule has 0 atom stereocenters. The molecule has 0 fully saturated rings. The van der Waals surface area contributed by atoms with E-state index in [2.05, 4.69) is 13.8 Å². The van der Waals surface area contributed by atoms with Gasteiger partial charge < -0.3 is 19.1 Å². The van der Waals surface area contributed by atoms with Gasteiger partial charge in [0.2, 0.25) is 0 Å². The summed E-state index contributed by atoms with van der Waals surface area (Å²) < 4.78 is 18.9. The highest BCUT2D eigenvalue weighted by atomic mass is 32.1. The molecule has 14 heteroatoms. The van der Waals surface area contributed by atoms with Crippen molar-refractivity contribution in [3.05, 3.63) is 45.8 Å². The number of carbonyl (C=O) groups excluding carboxylic acids is 1. The maximum Gasteiger partial charge on any atom is 0.273 e. The molecule has 1 aromatic carbocycles. The molecule has 40 heavy (non-hydrogen) atoms. The van der Waals surface area contributed by atoms with E-state index in [1.54, 1.807) is 25.6 Å². The summed E-state index contributed by atoms with van der Waals surface area (Å²) in [5, 5.41) is 4.58. The Morgan fingerprint density at radius 2 is 1.90 bits per heavy atom. The van der Waals surface area contributed by atoms with Crippen molar-refractivity contribution in [1.29, 1.82) is 0 Å². The summed E-state index contributed by atoms with van der Waals surface area (Å²) in [7, 11) is 36.8. The normalized spacial score (nSPS) is 13.4. The number of hydrogen-bond donors (Lipinski definition) is 0. The van der Waals surface area contributed by atoms with Crippen LogP contribution in [0, 0.1) is 5.92 Å². The zero-order valence-corrected chi connectivity index (χ0v) is 24.2. The molecule has 0 spiro atoms. The topological polar surface area (TPSA) is 65.8 Å². The van der Waals surface area contributed by atoms with Crippen molar-refractivity contribution in [1.82, 2.24) is 14.7 Å². The van der Waals surface area contributed by atoms with E-state index < -0.39 is 22.0 Å². The molecule has 0 saturated carbocycles. The van der Waals surface area contributed by atoms with Crippen LogP contribution < -0.4 is 9.47 Å². The lowest BCUT2D eigenvalue weighted by atomic mass is 9.47. The van der Waals surface area contributed by atoms with Gasteiger partial charge in [-0.3, -0.25) is 4.79 Å². The predicted molar refractivity (Wildman–Crippen MR) is 162 cm³/mol. The molecule has 194 valence electrons. The first kappa shape index (κ1) is 30.5. The number of methoxy groups -OCH3 is 1. The molecule has 7 nitrogen and oxygen atoms in total. The molecule has 4 rings (SSSR count). The lowest BCUT2D eigenvalue weighted by molar-refractivity contribution is 0.00704. The zero-order chi connectivity index (χ0) is 29.6. The summed E-state index contributed by atoms with van der Waals surface area (Å²) in [6.07, 6.45) is 0.785. The Morgan fingerprint density at radius 3 is 2.45 bits per heavy atom. The van der Waals surface area contributed by atoms with Crippen molar-refractivity contribution < 1.29 is 19.0 Å². The van der Waals surface area contributed by atoms with Gasteiger partial charge >= 0.3 is 0 Å². The largest absolute Gasteiger partial charge is 0.496 e. The predicted octanol–water partition coefficient (Wildman–Crippen LogP) is 2.17. The van der Waals surface area contributed by atoms with Crippen LogP contribution in [0.1, 0.15) is 49.3 Å². The molecule has 0 bridgehead atoms. The Bertz CT molecular complexity index is 1380. The minimum Gasteiger partial charge on any atom is -0.496 e. The Labute approximate surface area is 248 Å². The van der Waals surface area contributed by atoms with Crippen LogP contribution >= 0.6 is 11.3 Å². The molecular formula is C26H27B6N3O4S. The van der Waals surface area contributed by atoms with E-state index in [1.807, 2.05) is 29.0 Å². The molecule has 3 heterocycles. The van der Waals surface area contributed by atoms with Crippen LogP contribution in [0.3, 0.4) is 0 Å². The molecule has 3 aromatic rings.